The van der Waals surface area contributed by atoms with Crippen molar-refractivity contribution in [1.82, 2.24) is 0 Å². The molecule has 0 saturated carbocycles. The average molecular weight is 255 g/mol. The lowest BCUT2D eigenvalue weighted by atomic mass is 9.88. The summed E-state index contributed by atoms with van der Waals surface area (Å²) < 4.78 is 5.17. The van der Waals surface area contributed by atoms with Crippen LogP contribution in [0.5, 0.6) is 5.75 Å². The molecule has 0 heterocycles. The van der Waals surface area contributed by atoms with Gasteiger partial charge in [0.15, 0.2) is 5.78 Å². The highest BCUT2D eigenvalue weighted by atomic mass is 35.5. The normalized spacial score (nSPS) is 11.4. The molecule has 0 amide bonds. The summed E-state index contributed by atoms with van der Waals surface area (Å²) in [7, 11) is 1.55. The molecule has 0 N–H and O–H groups in total. The van der Waals surface area contributed by atoms with E-state index in [9.17, 15) is 4.79 Å². The van der Waals surface area contributed by atoms with Gasteiger partial charge in [-0.1, -0.05) is 32.4 Å². The van der Waals surface area contributed by atoms with Crippen molar-refractivity contribution in [3.05, 3.63) is 28.8 Å². The molecule has 0 atom stereocenters. The molecule has 0 spiro atoms. The first-order chi connectivity index (χ1) is 7.83. The molecule has 1 aromatic rings. The van der Waals surface area contributed by atoms with E-state index >= 15 is 0 Å². The van der Waals surface area contributed by atoms with Crippen molar-refractivity contribution in [1.29, 1.82) is 0 Å². The SMILES string of the molecule is COc1cc(Cl)ccc1C(=O)CCC(C)(C)C. The molecule has 0 fully saturated rings. The molecule has 0 unspecified atom stereocenters. The predicted octanol–water partition coefficient (Wildman–Crippen LogP) is 4.36. The Labute approximate surface area is 108 Å². The Morgan fingerprint density at radius 2 is 2.00 bits per heavy atom. The van der Waals surface area contributed by atoms with Crippen LogP contribution in [0.15, 0.2) is 18.2 Å². The Hall–Kier alpha value is -1.02. The van der Waals surface area contributed by atoms with Crippen molar-refractivity contribution in [3.8, 4) is 5.75 Å². The fourth-order valence-corrected chi connectivity index (χ4v) is 1.68. The van der Waals surface area contributed by atoms with Crippen LogP contribution in [0.1, 0.15) is 44.0 Å². The molecule has 17 heavy (non-hydrogen) atoms. The van der Waals surface area contributed by atoms with Gasteiger partial charge in [0.25, 0.3) is 0 Å². The van der Waals surface area contributed by atoms with Crippen LogP contribution >= 0.6 is 11.6 Å². The van der Waals surface area contributed by atoms with Gasteiger partial charge >= 0.3 is 0 Å². The van der Waals surface area contributed by atoms with Crippen LogP contribution in [-0.2, 0) is 0 Å². The number of hydrogen-bond donors (Lipinski definition) is 0. The summed E-state index contributed by atoms with van der Waals surface area (Å²) in [6.45, 7) is 6.37. The average Bonchev–Trinajstić information content (AvgIpc) is 2.24. The van der Waals surface area contributed by atoms with Crippen molar-refractivity contribution in [2.75, 3.05) is 7.11 Å². The maximum absolute atomic E-state index is 12.1. The number of halogens is 1. The third kappa shape index (κ3) is 4.39. The van der Waals surface area contributed by atoms with E-state index < -0.39 is 0 Å². The van der Waals surface area contributed by atoms with Crippen LogP contribution in [-0.4, -0.2) is 12.9 Å². The third-order valence-electron chi connectivity index (χ3n) is 2.57. The Balaban J connectivity index is 2.82. The van der Waals surface area contributed by atoms with Gasteiger partial charge in [0.2, 0.25) is 0 Å². The smallest absolute Gasteiger partial charge is 0.166 e. The zero-order valence-corrected chi connectivity index (χ0v) is 11.6. The summed E-state index contributed by atoms with van der Waals surface area (Å²) >= 11 is 5.86. The number of ether oxygens (including phenoxy) is 1. The first-order valence-electron chi connectivity index (χ1n) is 5.70. The van der Waals surface area contributed by atoms with Crippen LogP contribution in [0.25, 0.3) is 0 Å². The molecule has 0 saturated heterocycles. The lowest BCUT2D eigenvalue weighted by Gasteiger charge is -2.17. The molecule has 0 aliphatic carbocycles. The third-order valence-corrected chi connectivity index (χ3v) is 2.80. The highest BCUT2D eigenvalue weighted by molar-refractivity contribution is 6.30. The Morgan fingerprint density at radius 3 is 2.53 bits per heavy atom. The lowest BCUT2D eigenvalue weighted by Crippen LogP contribution is -2.10. The lowest BCUT2D eigenvalue weighted by molar-refractivity contribution is 0.0963. The Kier molecular flexibility index (Phi) is 4.58. The van der Waals surface area contributed by atoms with Crippen molar-refractivity contribution >= 4 is 17.4 Å². The van der Waals surface area contributed by atoms with Gasteiger partial charge in [0, 0.05) is 11.4 Å². The maximum Gasteiger partial charge on any atom is 0.166 e. The molecule has 2 nitrogen and oxygen atoms in total. The van der Waals surface area contributed by atoms with Gasteiger partial charge in [-0.25, -0.2) is 0 Å². The minimum Gasteiger partial charge on any atom is -0.496 e. The predicted molar refractivity (Wildman–Crippen MR) is 71.0 cm³/mol. The minimum atomic E-state index is 0.105. The van der Waals surface area contributed by atoms with Crippen molar-refractivity contribution in [2.24, 2.45) is 5.41 Å². The van der Waals surface area contributed by atoms with Crippen molar-refractivity contribution in [2.45, 2.75) is 33.6 Å². The molecule has 0 aromatic heterocycles. The first kappa shape index (κ1) is 14.0. The molecule has 1 aromatic carbocycles. The molecule has 0 radical (unpaired) electrons. The van der Waals surface area contributed by atoms with Crippen molar-refractivity contribution < 1.29 is 9.53 Å². The summed E-state index contributed by atoms with van der Waals surface area (Å²) in [5.74, 6) is 0.657. The van der Waals surface area contributed by atoms with E-state index in [0.29, 0.717) is 22.8 Å². The fourth-order valence-electron chi connectivity index (χ4n) is 1.52. The molecule has 94 valence electrons. The maximum atomic E-state index is 12.1. The van der Waals surface area contributed by atoms with Crippen LogP contribution in [0, 0.1) is 5.41 Å². The van der Waals surface area contributed by atoms with E-state index in [2.05, 4.69) is 20.8 Å². The summed E-state index contributed by atoms with van der Waals surface area (Å²) in [5.41, 5.74) is 0.774. The monoisotopic (exact) mass is 254 g/mol. The van der Waals surface area contributed by atoms with Gasteiger partial charge in [-0.15, -0.1) is 0 Å². The molecule has 0 aliphatic heterocycles. The molecule has 0 aliphatic rings. The van der Waals surface area contributed by atoms with Gasteiger partial charge in [-0.05, 0) is 30.0 Å². The summed E-state index contributed by atoms with van der Waals surface area (Å²) in [6, 6.07) is 5.12. The zero-order chi connectivity index (χ0) is 13.1. The van der Waals surface area contributed by atoms with Gasteiger partial charge in [0.05, 0.1) is 12.7 Å². The Morgan fingerprint density at radius 1 is 1.35 bits per heavy atom. The fraction of sp³-hybridized carbons (Fsp3) is 0.500. The second-order valence-corrected chi connectivity index (χ2v) is 5.76. The first-order valence-corrected chi connectivity index (χ1v) is 6.08. The topological polar surface area (TPSA) is 26.3 Å². The van der Waals surface area contributed by atoms with E-state index in [1.165, 1.54) is 0 Å². The highest BCUT2D eigenvalue weighted by Gasteiger charge is 2.17. The number of rotatable bonds is 4. The standard InChI is InChI=1S/C14H19ClO2/c1-14(2,3)8-7-12(16)11-6-5-10(15)9-13(11)17-4/h5-6,9H,7-8H2,1-4H3. The second kappa shape index (κ2) is 5.54. The number of hydrogen-bond acceptors (Lipinski definition) is 2. The van der Waals surface area contributed by atoms with Gasteiger partial charge in [-0.2, -0.15) is 0 Å². The molecule has 0 bridgehead atoms. The van der Waals surface area contributed by atoms with Crippen LogP contribution in [0.3, 0.4) is 0 Å². The highest BCUT2D eigenvalue weighted by Crippen LogP contribution is 2.27. The number of Topliss-reactive ketones (excluding diaryl/α,β-unsaturated/α-hetero) is 1. The minimum absolute atomic E-state index is 0.105. The molecule has 3 heteroatoms. The van der Waals surface area contributed by atoms with Crippen LogP contribution in [0.4, 0.5) is 0 Å². The van der Waals surface area contributed by atoms with E-state index in [1.807, 2.05) is 0 Å². The number of carbonyl (C=O) groups excluding carboxylic acids is 1. The van der Waals surface area contributed by atoms with Gasteiger partial charge in [0.1, 0.15) is 5.75 Å². The van der Waals surface area contributed by atoms with Crippen molar-refractivity contribution in [3.63, 3.8) is 0 Å². The Bertz CT molecular complexity index is 405. The zero-order valence-electron chi connectivity index (χ0n) is 10.8. The molecular formula is C14H19ClO2. The quantitative estimate of drug-likeness (QED) is 0.747. The summed E-state index contributed by atoms with van der Waals surface area (Å²) in [5, 5.41) is 0.578. The van der Waals surface area contributed by atoms with E-state index in [1.54, 1.807) is 25.3 Å². The largest absolute Gasteiger partial charge is 0.496 e. The number of methoxy groups -OCH3 is 1. The number of carbonyl (C=O) groups is 1. The molecule has 1 rings (SSSR count). The van der Waals surface area contributed by atoms with Crippen LogP contribution < -0.4 is 4.74 Å². The number of ketones is 1. The van der Waals surface area contributed by atoms with E-state index in [4.69, 9.17) is 16.3 Å². The summed E-state index contributed by atoms with van der Waals surface area (Å²) in [6.07, 6.45) is 1.39. The molecular weight excluding hydrogens is 236 g/mol. The van der Waals surface area contributed by atoms with Gasteiger partial charge < -0.3 is 4.74 Å². The summed E-state index contributed by atoms with van der Waals surface area (Å²) in [4.78, 5) is 12.1. The van der Waals surface area contributed by atoms with E-state index in [0.717, 1.165) is 6.42 Å². The second-order valence-electron chi connectivity index (χ2n) is 5.33. The number of benzene rings is 1. The van der Waals surface area contributed by atoms with Crippen LogP contribution in [0.2, 0.25) is 5.02 Å². The van der Waals surface area contributed by atoms with Gasteiger partial charge in [-0.3, -0.25) is 4.79 Å². The van der Waals surface area contributed by atoms with E-state index in [-0.39, 0.29) is 11.2 Å².